The number of carbonyl (C=O) groups is 1. The molecule has 4 rings (SSSR count). The molecule has 0 N–H and O–H groups in total. The molecule has 0 bridgehead atoms. The fourth-order valence-corrected chi connectivity index (χ4v) is 3.68. The van der Waals surface area contributed by atoms with Gasteiger partial charge in [-0.3, -0.25) is 14.2 Å². The van der Waals surface area contributed by atoms with Gasteiger partial charge in [-0.15, -0.1) is 0 Å². The van der Waals surface area contributed by atoms with Crippen LogP contribution in [0.4, 0.5) is 0 Å². The third-order valence-corrected chi connectivity index (χ3v) is 5.46. The van der Waals surface area contributed by atoms with Crippen LogP contribution in [0.1, 0.15) is 10.4 Å². The molecule has 0 aliphatic carbocycles. The van der Waals surface area contributed by atoms with E-state index in [0.29, 0.717) is 22.7 Å². The zero-order valence-corrected chi connectivity index (χ0v) is 19.1. The minimum Gasteiger partial charge on any atom is -0.497 e. The largest absolute Gasteiger partial charge is 0.497 e. The van der Waals surface area contributed by atoms with Crippen molar-refractivity contribution < 1.29 is 19.0 Å². The minimum atomic E-state index is -0.561. The average Bonchev–Trinajstić information content (AvgIpc) is 3.27. The van der Waals surface area contributed by atoms with E-state index in [4.69, 9.17) is 14.2 Å². The predicted octanol–water partition coefficient (Wildman–Crippen LogP) is 1.90. The van der Waals surface area contributed by atoms with E-state index in [1.54, 1.807) is 55.6 Å². The first kappa shape index (κ1) is 23.0. The zero-order valence-electron chi connectivity index (χ0n) is 19.1. The van der Waals surface area contributed by atoms with Crippen LogP contribution in [0.2, 0.25) is 0 Å². The SMILES string of the molecule is COCCn1c(=O)c2c(ncn2CC(=O)c2ccc(OC)cc2)n(-c2cccc(OC)c2)c1=O. The van der Waals surface area contributed by atoms with E-state index in [0.717, 1.165) is 4.57 Å². The van der Waals surface area contributed by atoms with Gasteiger partial charge in [0.25, 0.3) is 5.56 Å². The Balaban J connectivity index is 1.87. The Morgan fingerprint density at radius 2 is 1.71 bits per heavy atom. The minimum absolute atomic E-state index is 0.0473. The van der Waals surface area contributed by atoms with Crippen molar-refractivity contribution in [3.63, 3.8) is 0 Å². The van der Waals surface area contributed by atoms with Gasteiger partial charge in [0.15, 0.2) is 16.9 Å². The van der Waals surface area contributed by atoms with E-state index in [9.17, 15) is 14.4 Å². The Bertz CT molecular complexity index is 1450. The molecule has 10 heteroatoms. The maximum absolute atomic E-state index is 13.3. The van der Waals surface area contributed by atoms with Crippen LogP contribution in [0.25, 0.3) is 16.9 Å². The lowest BCUT2D eigenvalue weighted by Crippen LogP contribution is -2.41. The number of Topliss-reactive ketones (excluding diaryl/α,β-unsaturated/α-hetero) is 1. The summed E-state index contributed by atoms with van der Waals surface area (Å²) in [7, 11) is 4.56. The molecule has 0 amide bonds. The number of ketones is 1. The first-order valence-corrected chi connectivity index (χ1v) is 10.5. The van der Waals surface area contributed by atoms with Crippen molar-refractivity contribution in [2.24, 2.45) is 0 Å². The molecule has 2 aromatic heterocycles. The van der Waals surface area contributed by atoms with Crippen LogP contribution < -0.4 is 20.7 Å². The number of fused-ring (bicyclic) bond motifs is 1. The van der Waals surface area contributed by atoms with Gasteiger partial charge in [0.05, 0.1) is 45.9 Å². The number of imidazole rings is 1. The maximum atomic E-state index is 13.3. The molecule has 2 heterocycles. The number of rotatable bonds is 9. The van der Waals surface area contributed by atoms with Crippen molar-refractivity contribution in [1.82, 2.24) is 18.7 Å². The van der Waals surface area contributed by atoms with Crippen molar-refractivity contribution >= 4 is 16.9 Å². The fourth-order valence-electron chi connectivity index (χ4n) is 3.68. The van der Waals surface area contributed by atoms with Crippen LogP contribution in [0, 0.1) is 0 Å². The molecule has 0 aliphatic rings. The maximum Gasteiger partial charge on any atom is 0.337 e. The van der Waals surface area contributed by atoms with Crippen LogP contribution in [-0.4, -0.2) is 52.4 Å². The predicted molar refractivity (Wildman–Crippen MR) is 125 cm³/mol. The molecule has 2 aromatic carbocycles. The number of benzene rings is 2. The molecular weight excluding hydrogens is 440 g/mol. The summed E-state index contributed by atoms with van der Waals surface area (Å²) in [5, 5.41) is 0. The Kier molecular flexibility index (Phi) is 6.60. The van der Waals surface area contributed by atoms with E-state index in [2.05, 4.69) is 4.98 Å². The summed E-state index contributed by atoms with van der Waals surface area (Å²) in [6, 6.07) is 13.6. The summed E-state index contributed by atoms with van der Waals surface area (Å²) in [5.41, 5.74) is 0.126. The summed E-state index contributed by atoms with van der Waals surface area (Å²) < 4.78 is 19.4. The van der Waals surface area contributed by atoms with Gasteiger partial charge in [0, 0.05) is 18.7 Å². The van der Waals surface area contributed by atoms with Gasteiger partial charge in [-0.2, -0.15) is 0 Å². The molecular formula is C24H24N4O6. The van der Waals surface area contributed by atoms with Crippen molar-refractivity contribution in [2.75, 3.05) is 27.9 Å². The topological polar surface area (TPSA) is 107 Å². The lowest BCUT2D eigenvalue weighted by Gasteiger charge is -2.13. The van der Waals surface area contributed by atoms with Crippen molar-refractivity contribution in [3.8, 4) is 17.2 Å². The van der Waals surface area contributed by atoms with Crippen molar-refractivity contribution in [3.05, 3.63) is 81.3 Å². The molecule has 0 unspecified atom stereocenters. The van der Waals surface area contributed by atoms with Crippen molar-refractivity contribution in [2.45, 2.75) is 13.1 Å². The second-order valence-electron chi connectivity index (χ2n) is 7.47. The number of aromatic nitrogens is 4. The van der Waals surface area contributed by atoms with E-state index in [-0.39, 0.29) is 36.6 Å². The Morgan fingerprint density at radius 1 is 0.971 bits per heavy atom. The van der Waals surface area contributed by atoms with Gasteiger partial charge >= 0.3 is 5.69 Å². The highest BCUT2D eigenvalue weighted by Crippen LogP contribution is 2.19. The molecule has 0 fully saturated rings. The highest BCUT2D eigenvalue weighted by atomic mass is 16.5. The third-order valence-electron chi connectivity index (χ3n) is 5.46. The van der Waals surface area contributed by atoms with Crippen LogP contribution in [0.15, 0.2) is 64.4 Å². The van der Waals surface area contributed by atoms with Crippen LogP contribution in [0.5, 0.6) is 11.5 Å². The number of hydrogen-bond acceptors (Lipinski definition) is 7. The Labute approximate surface area is 194 Å². The molecule has 0 saturated heterocycles. The van der Waals surface area contributed by atoms with Crippen LogP contribution in [-0.2, 0) is 17.8 Å². The van der Waals surface area contributed by atoms with E-state index in [1.165, 1.54) is 29.7 Å². The van der Waals surface area contributed by atoms with Crippen LogP contribution in [0.3, 0.4) is 0 Å². The average molecular weight is 464 g/mol. The van der Waals surface area contributed by atoms with Gasteiger partial charge < -0.3 is 18.8 Å². The summed E-state index contributed by atoms with van der Waals surface area (Å²) >= 11 is 0. The van der Waals surface area contributed by atoms with Gasteiger partial charge in [0.2, 0.25) is 0 Å². The molecule has 4 aromatic rings. The molecule has 10 nitrogen and oxygen atoms in total. The Morgan fingerprint density at radius 3 is 2.38 bits per heavy atom. The molecule has 34 heavy (non-hydrogen) atoms. The summed E-state index contributed by atoms with van der Waals surface area (Å²) in [6.45, 7) is 0.0853. The number of hydrogen-bond donors (Lipinski definition) is 0. The Hall–Kier alpha value is -4.18. The quantitative estimate of drug-likeness (QED) is 0.348. The van der Waals surface area contributed by atoms with Gasteiger partial charge in [-0.25, -0.2) is 14.3 Å². The highest BCUT2D eigenvalue weighted by molar-refractivity contribution is 5.96. The normalized spacial score (nSPS) is 11.0. The lowest BCUT2D eigenvalue weighted by molar-refractivity contribution is 0.0973. The van der Waals surface area contributed by atoms with E-state index in [1.807, 2.05) is 0 Å². The number of carbonyl (C=O) groups excluding carboxylic acids is 1. The monoisotopic (exact) mass is 464 g/mol. The fraction of sp³-hybridized carbons (Fsp3) is 0.250. The smallest absolute Gasteiger partial charge is 0.337 e. The molecule has 0 radical (unpaired) electrons. The molecule has 0 aliphatic heterocycles. The molecule has 0 saturated carbocycles. The molecule has 176 valence electrons. The van der Waals surface area contributed by atoms with E-state index >= 15 is 0 Å². The van der Waals surface area contributed by atoms with Crippen LogP contribution >= 0.6 is 0 Å². The molecule has 0 spiro atoms. The molecule has 0 atom stereocenters. The summed E-state index contributed by atoms with van der Waals surface area (Å²) in [4.78, 5) is 43.9. The van der Waals surface area contributed by atoms with Gasteiger partial charge in [0.1, 0.15) is 11.5 Å². The standard InChI is InChI=1S/C24H24N4O6/c1-32-12-11-27-23(30)21-22(28(24(27)31)17-5-4-6-19(13-17)34-3)25-15-26(21)14-20(29)16-7-9-18(33-2)10-8-16/h4-10,13,15H,11-12,14H2,1-3H3. The number of methoxy groups -OCH3 is 3. The number of nitrogens with zero attached hydrogens (tertiary/aromatic N) is 4. The first-order valence-electron chi connectivity index (χ1n) is 10.5. The zero-order chi connectivity index (χ0) is 24.2. The van der Waals surface area contributed by atoms with E-state index < -0.39 is 11.2 Å². The summed E-state index contributed by atoms with van der Waals surface area (Å²) in [5.74, 6) is 0.957. The third kappa shape index (κ3) is 4.23. The number of ether oxygens (including phenoxy) is 3. The second kappa shape index (κ2) is 9.75. The van der Waals surface area contributed by atoms with Gasteiger partial charge in [-0.05, 0) is 36.4 Å². The summed E-state index contributed by atoms with van der Waals surface area (Å²) in [6.07, 6.45) is 1.39. The van der Waals surface area contributed by atoms with Gasteiger partial charge in [-0.1, -0.05) is 6.07 Å². The highest BCUT2D eigenvalue weighted by Gasteiger charge is 2.21. The first-order chi connectivity index (χ1) is 16.5. The van der Waals surface area contributed by atoms with Crippen molar-refractivity contribution in [1.29, 1.82) is 0 Å². The lowest BCUT2D eigenvalue weighted by atomic mass is 10.1. The second-order valence-corrected chi connectivity index (χ2v) is 7.47.